The molecular formula is C14H16N4O2S. The predicted molar refractivity (Wildman–Crippen MR) is 79.3 cm³/mol. The van der Waals surface area contributed by atoms with Crippen LogP contribution in [0.1, 0.15) is 12.7 Å². The van der Waals surface area contributed by atoms with E-state index in [1.165, 1.54) is 11.8 Å². The normalized spacial score (nSPS) is 11.7. The van der Waals surface area contributed by atoms with Crippen molar-refractivity contribution in [1.29, 1.82) is 5.26 Å². The van der Waals surface area contributed by atoms with E-state index in [1.807, 2.05) is 42.8 Å². The Bertz CT molecular complexity index is 633. The van der Waals surface area contributed by atoms with Crippen LogP contribution in [0.15, 0.2) is 29.4 Å². The third-order valence-electron chi connectivity index (χ3n) is 2.82. The van der Waals surface area contributed by atoms with Gasteiger partial charge in [-0.1, -0.05) is 11.8 Å². The Balaban J connectivity index is 1.98. The molecule has 1 atom stereocenters. The minimum atomic E-state index is -0.164. The van der Waals surface area contributed by atoms with Crippen LogP contribution in [0.4, 0.5) is 0 Å². The summed E-state index contributed by atoms with van der Waals surface area (Å²) in [6, 6.07) is 9.50. The van der Waals surface area contributed by atoms with Crippen LogP contribution in [-0.4, -0.2) is 27.1 Å². The van der Waals surface area contributed by atoms with Gasteiger partial charge in [0, 0.05) is 7.05 Å². The lowest BCUT2D eigenvalue weighted by Crippen LogP contribution is -2.05. The summed E-state index contributed by atoms with van der Waals surface area (Å²) in [6.07, 6.45) is 0. The fourth-order valence-corrected chi connectivity index (χ4v) is 2.30. The molecule has 2 aromatic rings. The second kappa shape index (κ2) is 6.99. The van der Waals surface area contributed by atoms with E-state index in [-0.39, 0.29) is 5.25 Å². The molecule has 0 aliphatic carbocycles. The van der Waals surface area contributed by atoms with E-state index >= 15 is 0 Å². The maximum absolute atomic E-state index is 8.83. The van der Waals surface area contributed by atoms with E-state index in [2.05, 4.69) is 16.3 Å². The minimum Gasteiger partial charge on any atom is -0.497 e. The van der Waals surface area contributed by atoms with Crippen molar-refractivity contribution >= 4 is 11.8 Å². The molecule has 6 nitrogen and oxygen atoms in total. The standard InChI is InChI=1S/C14H16N4O2S/c1-10(8-15)21-14-17-16-13(18(14)2)9-20-12-6-4-11(19-3)5-7-12/h4-7,10H,9H2,1-3H3/t10-/m1/s1. The molecule has 7 heteroatoms. The summed E-state index contributed by atoms with van der Waals surface area (Å²) in [6.45, 7) is 2.14. The highest BCUT2D eigenvalue weighted by molar-refractivity contribution is 8.00. The van der Waals surface area contributed by atoms with Crippen LogP contribution in [0.25, 0.3) is 0 Å². The molecule has 0 fully saturated rings. The number of aromatic nitrogens is 3. The first-order valence-corrected chi connectivity index (χ1v) is 7.23. The Morgan fingerprint density at radius 2 is 1.95 bits per heavy atom. The molecule has 0 radical (unpaired) electrons. The molecule has 0 saturated heterocycles. The molecule has 0 aliphatic rings. The van der Waals surface area contributed by atoms with Crippen LogP contribution in [0.3, 0.4) is 0 Å². The van der Waals surface area contributed by atoms with Gasteiger partial charge < -0.3 is 14.0 Å². The van der Waals surface area contributed by atoms with E-state index in [0.29, 0.717) is 17.6 Å². The minimum absolute atomic E-state index is 0.164. The molecule has 21 heavy (non-hydrogen) atoms. The Morgan fingerprint density at radius 3 is 2.57 bits per heavy atom. The zero-order valence-corrected chi connectivity index (χ0v) is 12.9. The van der Waals surface area contributed by atoms with Gasteiger partial charge >= 0.3 is 0 Å². The van der Waals surface area contributed by atoms with Gasteiger partial charge in [-0.05, 0) is 31.2 Å². The largest absolute Gasteiger partial charge is 0.497 e. The van der Waals surface area contributed by atoms with Crippen LogP contribution in [0.5, 0.6) is 11.5 Å². The van der Waals surface area contributed by atoms with Gasteiger partial charge in [0.25, 0.3) is 0 Å². The van der Waals surface area contributed by atoms with E-state index in [4.69, 9.17) is 14.7 Å². The Hall–Kier alpha value is -2.20. The van der Waals surface area contributed by atoms with Crippen LogP contribution in [0.2, 0.25) is 0 Å². The lowest BCUT2D eigenvalue weighted by Gasteiger charge is -2.07. The first-order chi connectivity index (χ1) is 10.1. The monoisotopic (exact) mass is 304 g/mol. The second-order valence-corrected chi connectivity index (χ2v) is 5.62. The van der Waals surface area contributed by atoms with Crippen LogP contribution in [-0.2, 0) is 13.7 Å². The van der Waals surface area contributed by atoms with Crippen molar-refractivity contribution in [3.8, 4) is 17.6 Å². The van der Waals surface area contributed by atoms with Gasteiger partial charge in [0.1, 0.15) is 18.1 Å². The van der Waals surface area contributed by atoms with Crippen molar-refractivity contribution < 1.29 is 9.47 Å². The highest BCUT2D eigenvalue weighted by Crippen LogP contribution is 2.22. The van der Waals surface area contributed by atoms with Gasteiger partial charge in [-0.25, -0.2) is 0 Å². The first-order valence-electron chi connectivity index (χ1n) is 6.35. The Morgan fingerprint density at radius 1 is 1.29 bits per heavy atom. The van der Waals surface area contributed by atoms with Crippen molar-refractivity contribution in [3.05, 3.63) is 30.1 Å². The van der Waals surface area contributed by atoms with Crippen molar-refractivity contribution in [1.82, 2.24) is 14.8 Å². The number of hydrogen-bond acceptors (Lipinski definition) is 6. The number of thioether (sulfide) groups is 1. The van der Waals surface area contributed by atoms with Gasteiger partial charge in [-0.3, -0.25) is 0 Å². The second-order valence-electron chi connectivity index (χ2n) is 4.31. The highest BCUT2D eigenvalue weighted by Gasteiger charge is 2.12. The van der Waals surface area contributed by atoms with E-state index in [9.17, 15) is 0 Å². The summed E-state index contributed by atoms with van der Waals surface area (Å²) in [4.78, 5) is 0. The third kappa shape index (κ3) is 3.89. The quantitative estimate of drug-likeness (QED) is 0.763. The predicted octanol–water partition coefficient (Wildman–Crippen LogP) is 2.41. The number of rotatable bonds is 6. The van der Waals surface area contributed by atoms with Crippen molar-refractivity contribution in [2.75, 3.05) is 7.11 Å². The third-order valence-corrected chi connectivity index (χ3v) is 3.84. The molecule has 0 spiro atoms. The van der Waals surface area contributed by atoms with E-state index in [0.717, 1.165) is 11.5 Å². The van der Waals surface area contributed by atoms with Gasteiger partial charge in [-0.15, -0.1) is 10.2 Å². The fraction of sp³-hybridized carbons (Fsp3) is 0.357. The number of benzene rings is 1. The van der Waals surface area contributed by atoms with E-state index < -0.39 is 0 Å². The van der Waals surface area contributed by atoms with Crippen molar-refractivity contribution in [3.63, 3.8) is 0 Å². The molecule has 0 unspecified atom stereocenters. The van der Waals surface area contributed by atoms with E-state index in [1.54, 1.807) is 7.11 Å². The highest BCUT2D eigenvalue weighted by atomic mass is 32.2. The molecule has 1 aromatic carbocycles. The molecule has 0 saturated carbocycles. The van der Waals surface area contributed by atoms with Gasteiger partial charge in [0.2, 0.25) is 0 Å². The zero-order valence-electron chi connectivity index (χ0n) is 12.1. The van der Waals surface area contributed by atoms with Gasteiger partial charge in [0.15, 0.2) is 11.0 Å². The van der Waals surface area contributed by atoms with Crippen LogP contribution >= 0.6 is 11.8 Å². The number of methoxy groups -OCH3 is 1. The van der Waals surface area contributed by atoms with Crippen LogP contribution in [0, 0.1) is 11.3 Å². The number of nitriles is 1. The summed E-state index contributed by atoms with van der Waals surface area (Å²) < 4.78 is 12.6. The molecule has 1 aromatic heterocycles. The number of ether oxygens (including phenoxy) is 2. The van der Waals surface area contributed by atoms with Crippen molar-refractivity contribution in [2.24, 2.45) is 7.05 Å². The molecule has 0 aliphatic heterocycles. The van der Waals surface area contributed by atoms with Gasteiger partial charge in [-0.2, -0.15) is 5.26 Å². The molecule has 2 rings (SSSR count). The summed E-state index contributed by atoms with van der Waals surface area (Å²) in [5.74, 6) is 2.22. The number of hydrogen-bond donors (Lipinski definition) is 0. The average Bonchev–Trinajstić information content (AvgIpc) is 2.86. The summed E-state index contributed by atoms with van der Waals surface area (Å²) in [5, 5.41) is 17.5. The number of nitrogens with zero attached hydrogens (tertiary/aromatic N) is 4. The molecule has 0 N–H and O–H groups in total. The molecule has 1 heterocycles. The lowest BCUT2D eigenvalue weighted by atomic mass is 10.3. The molecule has 0 bridgehead atoms. The average molecular weight is 304 g/mol. The topological polar surface area (TPSA) is 73.0 Å². The van der Waals surface area contributed by atoms with Crippen molar-refractivity contribution in [2.45, 2.75) is 23.9 Å². The van der Waals surface area contributed by atoms with Crippen LogP contribution < -0.4 is 9.47 Å². The Kier molecular flexibility index (Phi) is 5.06. The Labute approximate surface area is 127 Å². The van der Waals surface area contributed by atoms with Gasteiger partial charge in [0.05, 0.1) is 18.4 Å². The lowest BCUT2D eigenvalue weighted by molar-refractivity contribution is 0.290. The summed E-state index contributed by atoms with van der Waals surface area (Å²) >= 11 is 1.37. The molecule has 110 valence electrons. The smallest absolute Gasteiger partial charge is 0.192 e. The zero-order chi connectivity index (χ0) is 15.2. The maximum atomic E-state index is 8.83. The summed E-state index contributed by atoms with van der Waals surface area (Å²) in [5.41, 5.74) is 0. The molecular weight excluding hydrogens is 288 g/mol. The first kappa shape index (κ1) is 15.2. The molecule has 0 amide bonds. The SMILES string of the molecule is COc1ccc(OCc2nnc(S[C@H](C)C#N)n2C)cc1. The maximum Gasteiger partial charge on any atom is 0.192 e. The summed E-state index contributed by atoms with van der Waals surface area (Å²) in [7, 11) is 3.48. The fourth-order valence-electron chi connectivity index (χ4n) is 1.58.